The van der Waals surface area contributed by atoms with Gasteiger partial charge in [-0.3, -0.25) is 4.79 Å². The fourth-order valence-electron chi connectivity index (χ4n) is 1.51. The zero-order chi connectivity index (χ0) is 15.3. The minimum Gasteiger partial charge on any atom is -0.293 e. The Balaban J connectivity index is 1.92. The van der Waals surface area contributed by atoms with Crippen molar-refractivity contribution in [3.63, 3.8) is 0 Å². The number of ketones is 1. The molecule has 0 N–H and O–H groups in total. The topological polar surface area (TPSA) is 41.8 Å². The number of carbonyl (C=O) groups excluding carboxylic acids is 1. The Bertz CT molecular complexity index is 559. The Morgan fingerprint density at radius 2 is 2.05 bits per heavy atom. The van der Waals surface area contributed by atoms with Crippen LogP contribution in [0.2, 0.25) is 0 Å². The second-order valence-electron chi connectivity index (χ2n) is 4.91. The number of hydrogen-bond donors (Lipinski definition) is 1. The van der Waals surface area contributed by atoms with Gasteiger partial charge in [-0.05, 0) is 5.92 Å². The first kappa shape index (κ1) is 17.0. The van der Waals surface area contributed by atoms with Crippen molar-refractivity contribution in [2.45, 2.75) is 13.8 Å². The number of Topliss-reactive ketones (excluding diaryl/α,β-unsaturated/α-hetero) is 1. The van der Waals surface area contributed by atoms with Crippen molar-refractivity contribution in [1.82, 2.24) is 0 Å². The minimum absolute atomic E-state index is 0.110. The maximum atomic E-state index is 12.1. The molecule has 0 saturated heterocycles. The Morgan fingerprint density at radius 3 is 2.71 bits per heavy atom. The molecule has 0 spiro atoms. The van der Waals surface area contributed by atoms with Crippen LogP contribution in [0.15, 0.2) is 40.5 Å². The predicted molar refractivity (Wildman–Crippen MR) is 103 cm³/mol. The molecule has 0 saturated carbocycles. The Hall–Kier alpha value is -0.370. The van der Waals surface area contributed by atoms with E-state index in [4.69, 9.17) is 11.7 Å². The first-order chi connectivity index (χ1) is 10.0. The molecule has 0 radical (unpaired) electrons. The summed E-state index contributed by atoms with van der Waals surface area (Å²) in [6, 6.07) is 9.33. The molecule has 0 aliphatic carbocycles. The van der Waals surface area contributed by atoms with E-state index in [1.165, 1.54) is 11.8 Å². The summed E-state index contributed by atoms with van der Waals surface area (Å²) in [6.45, 7) is 4.36. The summed E-state index contributed by atoms with van der Waals surface area (Å²) in [5, 5.41) is 8.19. The van der Waals surface area contributed by atoms with Crippen molar-refractivity contribution in [2.75, 3.05) is 11.5 Å². The van der Waals surface area contributed by atoms with Gasteiger partial charge in [0.1, 0.15) is 0 Å². The van der Waals surface area contributed by atoms with E-state index in [-0.39, 0.29) is 5.78 Å². The smallest absolute Gasteiger partial charge is 0.173 e. The average Bonchev–Trinajstić information content (AvgIpc) is 2.85. The minimum atomic E-state index is -1.44. The molecule has 1 atom stereocenters. The molecule has 21 heavy (non-hydrogen) atoms. The molecule has 7 heteroatoms. The highest BCUT2D eigenvalue weighted by Crippen LogP contribution is 2.67. The first-order valence-corrected chi connectivity index (χ1v) is 11.8. The largest absolute Gasteiger partial charge is 0.293 e. The van der Waals surface area contributed by atoms with Crippen molar-refractivity contribution in [1.29, 1.82) is 0 Å². The van der Waals surface area contributed by atoms with Crippen molar-refractivity contribution < 1.29 is 4.79 Å². The zero-order valence-electron chi connectivity index (χ0n) is 11.9. The van der Waals surface area contributed by atoms with E-state index >= 15 is 0 Å². The number of nitrogens with zero attached hydrogens (tertiary/aromatic N) is 2. The summed E-state index contributed by atoms with van der Waals surface area (Å²) in [7, 11) is 0.348. The fraction of sp³-hybridized carbons (Fsp3) is 0.357. The quantitative estimate of drug-likeness (QED) is 0.448. The third-order valence-corrected chi connectivity index (χ3v) is 11.2. The summed E-state index contributed by atoms with van der Waals surface area (Å²) in [4.78, 5) is 12.1. The van der Waals surface area contributed by atoms with Gasteiger partial charge in [0.15, 0.2) is 10.2 Å². The third kappa shape index (κ3) is 4.81. The van der Waals surface area contributed by atoms with E-state index < -0.39 is 8.09 Å². The molecule has 0 amide bonds. The van der Waals surface area contributed by atoms with Crippen LogP contribution in [0, 0.1) is 5.92 Å². The molecule has 1 aromatic carbocycles. The van der Waals surface area contributed by atoms with Gasteiger partial charge in [0.2, 0.25) is 0 Å². The van der Waals surface area contributed by atoms with Crippen molar-refractivity contribution in [2.24, 2.45) is 16.1 Å². The average molecular weight is 359 g/mol. The van der Waals surface area contributed by atoms with E-state index in [9.17, 15) is 4.79 Å². The molecule has 3 nitrogen and oxygen atoms in total. The van der Waals surface area contributed by atoms with Crippen LogP contribution in [-0.2, 0) is 0 Å². The first-order valence-electron chi connectivity index (χ1n) is 6.53. The molecule has 1 aromatic rings. The van der Waals surface area contributed by atoms with E-state index in [0.717, 1.165) is 15.7 Å². The SMILES string of the molecule is CC(C)CSS1(S)C=NN=C1SCC(=O)c1ccccc1. The predicted octanol–water partition coefficient (Wildman–Crippen LogP) is 4.87. The summed E-state index contributed by atoms with van der Waals surface area (Å²) in [5.41, 5.74) is 2.57. The van der Waals surface area contributed by atoms with Crippen LogP contribution in [-0.4, -0.2) is 27.2 Å². The molecular formula is C14H18N2OS4. The highest BCUT2D eigenvalue weighted by atomic mass is 33.5. The molecule has 0 fully saturated rings. The fourth-order valence-corrected chi connectivity index (χ4v) is 8.35. The number of thioether (sulfide) groups is 1. The van der Waals surface area contributed by atoms with Gasteiger partial charge in [-0.1, -0.05) is 74.8 Å². The lowest BCUT2D eigenvalue weighted by molar-refractivity contribution is 0.102. The van der Waals surface area contributed by atoms with Crippen LogP contribution in [0.5, 0.6) is 0 Å². The van der Waals surface area contributed by atoms with E-state index in [1.54, 1.807) is 10.8 Å². The lowest BCUT2D eigenvalue weighted by Gasteiger charge is -2.26. The highest BCUT2D eigenvalue weighted by molar-refractivity contribution is 9.32. The third-order valence-electron chi connectivity index (χ3n) is 2.58. The van der Waals surface area contributed by atoms with Crippen LogP contribution < -0.4 is 0 Å². The molecule has 114 valence electrons. The van der Waals surface area contributed by atoms with Gasteiger partial charge < -0.3 is 0 Å². The van der Waals surface area contributed by atoms with Gasteiger partial charge >= 0.3 is 0 Å². The van der Waals surface area contributed by atoms with Gasteiger partial charge in [0.05, 0.1) is 11.3 Å². The maximum absolute atomic E-state index is 12.1. The standard InChI is InChI=1S/C14H18N2OS4/c1-11(2)8-20-21(18)10-15-16-14(21)19-9-13(17)12-6-4-3-5-7-12/h3-7,10-11,18H,8-9H2,1-2H3. The van der Waals surface area contributed by atoms with Crippen LogP contribution in [0.4, 0.5) is 0 Å². The van der Waals surface area contributed by atoms with Crippen molar-refractivity contribution >= 4 is 58.0 Å². The Kier molecular flexibility index (Phi) is 6.28. The molecule has 1 heterocycles. The number of thiol groups is 1. The monoisotopic (exact) mass is 358 g/mol. The summed E-state index contributed by atoms with van der Waals surface area (Å²) in [6.07, 6.45) is 0. The number of hydrogen-bond acceptors (Lipinski definition) is 6. The summed E-state index contributed by atoms with van der Waals surface area (Å²) >= 11 is 6.24. The molecular weight excluding hydrogens is 340 g/mol. The second kappa shape index (κ2) is 7.76. The molecule has 1 aliphatic heterocycles. The summed E-state index contributed by atoms with van der Waals surface area (Å²) < 4.78 is 0.876. The second-order valence-corrected chi connectivity index (χ2v) is 13.2. The van der Waals surface area contributed by atoms with Crippen molar-refractivity contribution in [3.8, 4) is 0 Å². The van der Waals surface area contributed by atoms with E-state index in [1.807, 2.05) is 35.9 Å². The van der Waals surface area contributed by atoms with Crippen LogP contribution in [0.1, 0.15) is 24.2 Å². The molecule has 0 bridgehead atoms. The zero-order valence-corrected chi connectivity index (χ0v) is 15.3. The lowest BCUT2D eigenvalue weighted by Crippen LogP contribution is -2.07. The summed E-state index contributed by atoms with van der Waals surface area (Å²) in [5.74, 6) is 2.10. The lowest BCUT2D eigenvalue weighted by atomic mass is 10.2. The van der Waals surface area contributed by atoms with E-state index in [0.29, 0.717) is 11.7 Å². The van der Waals surface area contributed by atoms with Crippen LogP contribution >= 0.6 is 42.3 Å². The number of carbonyl (C=O) groups is 1. The molecule has 2 rings (SSSR count). The van der Waals surface area contributed by atoms with Gasteiger partial charge in [0.25, 0.3) is 0 Å². The van der Waals surface area contributed by atoms with Crippen LogP contribution in [0.3, 0.4) is 0 Å². The van der Waals surface area contributed by atoms with Gasteiger partial charge in [-0.15, -0.1) is 16.8 Å². The number of benzene rings is 1. The molecule has 1 unspecified atom stereocenters. The highest BCUT2D eigenvalue weighted by Gasteiger charge is 2.30. The molecule has 0 aromatic heterocycles. The maximum Gasteiger partial charge on any atom is 0.173 e. The van der Waals surface area contributed by atoms with Gasteiger partial charge in [-0.25, -0.2) is 0 Å². The molecule has 1 aliphatic rings. The van der Waals surface area contributed by atoms with Crippen LogP contribution in [0.25, 0.3) is 0 Å². The number of rotatable bonds is 6. The van der Waals surface area contributed by atoms with Gasteiger partial charge in [0, 0.05) is 11.3 Å². The van der Waals surface area contributed by atoms with Crippen molar-refractivity contribution in [3.05, 3.63) is 35.9 Å². The van der Waals surface area contributed by atoms with Gasteiger partial charge in [-0.2, -0.15) is 5.10 Å². The normalized spacial score (nSPS) is 23.9. The Labute approximate surface area is 140 Å². The Morgan fingerprint density at radius 1 is 1.33 bits per heavy atom. The van der Waals surface area contributed by atoms with E-state index in [2.05, 4.69) is 24.1 Å².